The van der Waals surface area contributed by atoms with E-state index < -0.39 is 0 Å². The van der Waals surface area contributed by atoms with Gasteiger partial charge in [0.2, 0.25) is 0 Å². The highest BCUT2D eigenvalue weighted by Crippen LogP contribution is 2.42. The van der Waals surface area contributed by atoms with Gasteiger partial charge >= 0.3 is 0 Å². The molecule has 6 heteroatoms. The van der Waals surface area contributed by atoms with Crippen LogP contribution in [-0.2, 0) is 0 Å². The Bertz CT molecular complexity index is 3380. The zero-order chi connectivity index (χ0) is 37.5. The molecule has 11 aromatic rings. The summed E-state index contributed by atoms with van der Waals surface area (Å²) in [6.45, 7) is 0. The average Bonchev–Trinajstić information content (AvgIpc) is 3.96. The van der Waals surface area contributed by atoms with Crippen molar-refractivity contribution in [2.75, 3.05) is 0 Å². The Labute approximate surface area is 332 Å². The van der Waals surface area contributed by atoms with Crippen molar-refractivity contribution in [3.05, 3.63) is 199 Å². The highest BCUT2D eigenvalue weighted by molar-refractivity contribution is 7.26. The smallest absolute Gasteiger partial charge is 0.137 e. The lowest BCUT2D eigenvalue weighted by molar-refractivity contribution is 0.413. The van der Waals surface area contributed by atoms with Gasteiger partial charge in [-0.1, -0.05) is 140 Å². The van der Waals surface area contributed by atoms with Crippen molar-refractivity contribution in [2.45, 2.75) is 12.3 Å². The number of benzene rings is 8. The summed E-state index contributed by atoms with van der Waals surface area (Å²) >= 11 is 1.84. The molecule has 1 aliphatic rings. The van der Waals surface area contributed by atoms with Gasteiger partial charge in [-0.15, -0.1) is 11.3 Å². The molecule has 0 spiro atoms. The van der Waals surface area contributed by atoms with E-state index in [0.717, 1.165) is 55.6 Å². The molecule has 5 nitrogen and oxygen atoms in total. The summed E-state index contributed by atoms with van der Waals surface area (Å²) in [5, 5.41) is 14.9. The summed E-state index contributed by atoms with van der Waals surface area (Å²) in [4.78, 5) is 5.34. The van der Waals surface area contributed by atoms with Crippen molar-refractivity contribution < 1.29 is 4.42 Å². The van der Waals surface area contributed by atoms with Crippen LogP contribution >= 0.6 is 11.3 Å². The van der Waals surface area contributed by atoms with Crippen molar-refractivity contribution in [3.63, 3.8) is 0 Å². The van der Waals surface area contributed by atoms with Gasteiger partial charge in [0.05, 0.1) is 11.0 Å². The summed E-state index contributed by atoms with van der Waals surface area (Å²) in [7, 11) is 0. The predicted octanol–water partition coefficient (Wildman–Crippen LogP) is 13.1. The van der Waals surface area contributed by atoms with Crippen LogP contribution in [0, 0.1) is 0 Å². The molecule has 2 N–H and O–H groups in total. The first-order valence-electron chi connectivity index (χ1n) is 19.4. The molecule has 0 saturated carbocycles. The SMILES string of the molecule is c1ccc(C2=NC(c3cccc4c3sc3ccccc34)NC(c3cccc4oc5cc(-n6c7ccccc7c7ccc(-c8ccccc8)cc76)ccc5c34)N2)cc1. The topological polar surface area (TPSA) is 54.5 Å². The number of fused-ring (bicyclic) bond motifs is 9. The number of aromatic nitrogens is 1. The van der Waals surface area contributed by atoms with Gasteiger partial charge in [0.1, 0.15) is 29.3 Å². The third-order valence-corrected chi connectivity index (χ3v) is 12.7. The molecule has 3 aromatic heterocycles. The molecule has 0 amide bonds. The normalized spacial score (nSPS) is 15.9. The van der Waals surface area contributed by atoms with Crippen LogP contribution in [0.5, 0.6) is 0 Å². The predicted molar refractivity (Wildman–Crippen MR) is 238 cm³/mol. The number of thiophene rings is 1. The lowest BCUT2D eigenvalue weighted by Crippen LogP contribution is -2.45. The van der Waals surface area contributed by atoms with E-state index >= 15 is 0 Å². The third-order valence-electron chi connectivity index (χ3n) is 11.5. The van der Waals surface area contributed by atoms with Gasteiger partial charge < -0.3 is 14.3 Å². The molecule has 0 saturated heterocycles. The molecule has 0 aliphatic carbocycles. The maximum Gasteiger partial charge on any atom is 0.137 e. The van der Waals surface area contributed by atoms with Gasteiger partial charge in [-0.05, 0) is 47.5 Å². The first-order chi connectivity index (χ1) is 28.2. The minimum Gasteiger partial charge on any atom is -0.456 e. The standard InChI is InChI=1S/C51H34N4OS/c1-3-13-31(14-4-1)33-25-27-36-35-17-7-9-22-42(35)55(43(36)29-33)34-26-28-39-45(30-34)56-44-23-12-20-40(47(39)44)50-52-49(32-15-5-2-6-16-32)53-51(54-50)41-21-11-19-38-37-18-8-10-24-46(37)57-48(38)41/h1-30,50-51,54H,(H,52,53). The van der Waals surface area contributed by atoms with Crippen LogP contribution in [0.4, 0.5) is 0 Å². The molecule has 2 unspecified atom stereocenters. The molecule has 8 aromatic carbocycles. The van der Waals surface area contributed by atoms with E-state index in [9.17, 15) is 0 Å². The van der Waals surface area contributed by atoms with E-state index in [-0.39, 0.29) is 12.3 Å². The first-order valence-corrected chi connectivity index (χ1v) is 20.2. The maximum absolute atomic E-state index is 6.76. The Morgan fingerprint density at radius 2 is 1.21 bits per heavy atom. The van der Waals surface area contributed by atoms with Gasteiger partial charge in [-0.25, -0.2) is 4.99 Å². The number of amidine groups is 1. The molecule has 4 heterocycles. The summed E-state index contributed by atoms with van der Waals surface area (Å²) < 4.78 is 11.7. The van der Waals surface area contributed by atoms with Crippen LogP contribution in [-0.4, -0.2) is 10.4 Å². The number of rotatable bonds is 5. The second kappa shape index (κ2) is 12.8. The second-order valence-corrected chi connectivity index (χ2v) is 15.8. The Balaban J connectivity index is 1.00. The summed E-state index contributed by atoms with van der Waals surface area (Å²) in [5.74, 6) is 0.857. The second-order valence-electron chi connectivity index (χ2n) is 14.8. The van der Waals surface area contributed by atoms with E-state index in [1.54, 1.807) is 0 Å². The molecule has 1 aliphatic heterocycles. The summed E-state index contributed by atoms with van der Waals surface area (Å²) in [6.07, 6.45) is -0.524. The molecule has 0 radical (unpaired) electrons. The van der Waals surface area contributed by atoms with Gasteiger partial charge in [0.25, 0.3) is 0 Å². The number of hydrogen-bond acceptors (Lipinski definition) is 5. The molecule has 0 fully saturated rings. The fourth-order valence-corrected chi connectivity index (χ4v) is 10.1. The Morgan fingerprint density at radius 1 is 0.509 bits per heavy atom. The lowest BCUT2D eigenvalue weighted by atomic mass is 10.0. The number of nitrogens with zero attached hydrogens (tertiary/aromatic N) is 2. The Morgan fingerprint density at radius 3 is 2.09 bits per heavy atom. The molecule has 270 valence electrons. The minimum atomic E-state index is -0.278. The van der Waals surface area contributed by atoms with Crippen LogP contribution in [0.25, 0.3) is 80.7 Å². The van der Waals surface area contributed by atoms with E-state index in [0.29, 0.717) is 0 Å². The summed E-state index contributed by atoms with van der Waals surface area (Å²) in [5.41, 5.74) is 10.8. The van der Waals surface area contributed by atoms with Crippen LogP contribution in [0.3, 0.4) is 0 Å². The third kappa shape index (κ3) is 5.15. The fourth-order valence-electron chi connectivity index (χ4n) is 8.89. The van der Waals surface area contributed by atoms with E-state index in [1.807, 2.05) is 17.4 Å². The number of aliphatic imine (C=N–C) groups is 1. The van der Waals surface area contributed by atoms with Crippen molar-refractivity contribution in [1.82, 2.24) is 15.2 Å². The highest BCUT2D eigenvalue weighted by atomic mass is 32.1. The minimum absolute atomic E-state index is 0.245. The van der Waals surface area contributed by atoms with Crippen LogP contribution in [0.1, 0.15) is 29.0 Å². The van der Waals surface area contributed by atoms with Gasteiger partial charge in [0, 0.05) is 70.2 Å². The molecular weight excluding hydrogens is 717 g/mol. The molecular formula is C51H34N4OS. The van der Waals surface area contributed by atoms with E-state index in [2.05, 4.69) is 191 Å². The maximum atomic E-state index is 6.76. The van der Waals surface area contributed by atoms with E-state index in [4.69, 9.17) is 9.41 Å². The van der Waals surface area contributed by atoms with Crippen LogP contribution in [0.2, 0.25) is 0 Å². The van der Waals surface area contributed by atoms with Crippen molar-refractivity contribution in [1.29, 1.82) is 0 Å². The van der Waals surface area contributed by atoms with Gasteiger partial charge in [-0.2, -0.15) is 0 Å². The lowest BCUT2D eigenvalue weighted by Gasteiger charge is -2.32. The molecule has 12 rings (SSSR count). The summed E-state index contributed by atoms with van der Waals surface area (Å²) in [6, 6.07) is 64.8. The van der Waals surface area contributed by atoms with Crippen molar-refractivity contribution >= 4 is 81.1 Å². The molecule has 57 heavy (non-hydrogen) atoms. The fraction of sp³-hybridized carbons (Fsp3) is 0.0392. The van der Waals surface area contributed by atoms with Crippen molar-refractivity contribution in [2.24, 2.45) is 4.99 Å². The molecule has 2 atom stereocenters. The van der Waals surface area contributed by atoms with Crippen LogP contribution in [0.15, 0.2) is 191 Å². The van der Waals surface area contributed by atoms with Crippen LogP contribution < -0.4 is 10.6 Å². The van der Waals surface area contributed by atoms with Gasteiger partial charge in [-0.3, -0.25) is 5.32 Å². The number of nitrogens with one attached hydrogen (secondary N) is 2. The average molecular weight is 751 g/mol. The Hall–Kier alpha value is -6.99. The quantitative estimate of drug-likeness (QED) is 0.184. The largest absolute Gasteiger partial charge is 0.456 e. The number of para-hydroxylation sites is 1. The van der Waals surface area contributed by atoms with Gasteiger partial charge in [0.15, 0.2) is 0 Å². The zero-order valence-electron chi connectivity index (χ0n) is 30.7. The zero-order valence-corrected chi connectivity index (χ0v) is 31.5. The monoisotopic (exact) mass is 750 g/mol. The first kappa shape index (κ1) is 32.3. The molecule has 0 bridgehead atoms. The highest BCUT2D eigenvalue weighted by Gasteiger charge is 2.29. The Kier molecular flexibility index (Phi) is 7.24. The van der Waals surface area contributed by atoms with E-state index in [1.165, 1.54) is 47.6 Å². The van der Waals surface area contributed by atoms with Crippen molar-refractivity contribution in [3.8, 4) is 16.8 Å². The number of hydrogen-bond donors (Lipinski definition) is 2. The number of furan rings is 1.